The highest BCUT2D eigenvalue weighted by molar-refractivity contribution is 7.65. The van der Waals surface area contributed by atoms with E-state index in [1.807, 2.05) is 0 Å². The molecular formula is C24H60O7P2Si4. The Kier molecular flexibility index (Phi) is 17.0. The predicted molar refractivity (Wildman–Crippen MR) is 169 cm³/mol. The molecule has 0 atom stereocenters. The molecule has 0 N–H and O–H groups in total. The van der Waals surface area contributed by atoms with Crippen molar-refractivity contribution in [1.29, 1.82) is 0 Å². The van der Waals surface area contributed by atoms with Crippen LogP contribution in [0, 0.1) is 0 Å². The van der Waals surface area contributed by atoms with Gasteiger partial charge in [0.2, 0.25) is 33.3 Å². The Morgan fingerprint density at radius 3 is 0.595 bits per heavy atom. The van der Waals surface area contributed by atoms with E-state index in [1.54, 1.807) is 0 Å². The molecular weight excluding hydrogens is 575 g/mol. The first kappa shape index (κ1) is 38.1. The molecule has 0 aliphatic heterocycles. The molecule has 0 aromatic carbocycles. The van der Waals surface area contributed by atoms with Gasteiger partial charge in [0.1, 0.15) is 0 Å². The van der Waals surface area contributed by atoms with Crippen molar-refractivity contribution in [1.82, 2.24) is 0 Å². The van der Waals surface area contributed by atoms with Crippen LogP contribution in [0.4, 0.5) is 0 Å². The average molecular weight is 635 g/mol. The highest BCUT2D eigenvalue weighted by Gasteiger charge is 2.54. The minimum Gasteiger partial charge on any atom is -0.329 e. The van der Waals surface area contributed by atoms with Gasteiger partial charge in [-0.3, -0.25) is 0 Å². The van der Waals surface area contributed by atoms with Crippen molar-refractivity contribution in [2.45, 2.75) is 156 Å². The van der Waals surface area contributed by atoms with Gasteiger partial charge in [-0.15, -0.1) is 0 Å². The molecule has 0 amide bonds. The second kappa shape index (κ2) is 16.5. The summed E-state index contributed by atoms with van der Waals surface area (Å²) in [4.78, 5) is 0. The second-order valence-corrected chi connectivity index (χ2v) is 33.6. The molecule has 0 bridgehead atoms. The van der Waals surface area contributed by atoms with E-state index in [4.69, 9.17) is 21.2 Å². The Labute approximate surface area is 234 Å². The third-order valence-corrected chi connectivity index (χ3v) is 36.0. The van der Waals surface area contributed by atoms with Crippen LogP contribution < -0.4 is 0 Å². The maximum absolute atomic E-state index is 14.8. The summed E-state index contributed by atoms with van der Waals surface area (Å²) in [6, 6.07) is 9.30. The summed E-state index contributed by atoms with van der Waals surface area (Å²) in [6.45, 7) is 24.9. The summed E-state index contributed by atoms with van der Waals surface area (Å²) >= 11 is 0. The van der Waals surface area contributed by atoms with Crippen LogP contribution in [0.1, 0.15) is 83.1 Å². The van der Waals surface area contributed by atoms with Crippen LogP contribution in [-0.2, 0) is 30.3 Å². The van der Waals surface area contributed by atoms with Crippen LogP contribution in [0.2, 0.25) is 72.5 Å². The van der Waals surface area contributed by atoms with E-state index in [0.29, 0.717) is 0 Å². The van der Waals surface area contributed by atoms with E-state index < -0.39 is 48.9 Å². The van der Waals surface area contributed by atoms with E-state index in [-0.39, 0.29) is 0 Å². The van der Waals surface area contributed by atoms with Crippen LogP contribution in [0.3, 0.4) is 0 Å². The maximum Gasteiger partial charge on any atom is 0.464 e. The Balaban J connectivity index is 7.04. The summed E-state index contributed by atoms with van der Waals surface area (Å²) in [7, 11) is -18.4. The second-order valence-electron chi connectivity index (χ2n) is 10.3. The zero-order chi connectivity index (χ0) is 29.0. The molecule has 0 spiro atoms. The topological polar surface area (TPSA) is 80.3 Å². The van der Waals surface area contributed by atoms with Crippen LogP contribution in [-0.4, -0.2) is 33.3 Å². The summed E-state index contributed by atoms with van der Waals surface area (Å²) in [5, 5.41) is 0. The highest BCUT2D eigenvalue weighted by atomic mass is 31.3. The van der Waals surface area contributed by atoms with Crippen molar-refractivity contribution < 1.29 is 30.3 Å². The SMILES string of the molecule is CC[Si](CC)(CC)OP(=O)(O[Si](CC)(CC)CC)OP(=O)(O[Si](CC)(CC)CC)O[Si](CC)(CC)CC. The lowest BCUT2D eigenvalue weighted by molar-refractivity contribution is 0.231. The summed E-state index contributed by atoms with van der Waals surface area (Å²) in [5.41, 5.74) is 0. The van der Waals surface area contributed by atoms with Gasteiger partial charge in [0.05, 0.1) is 0 Å². The van der Waals surface area contributed by atoms with Gasteiger partial charge < -0.3 is 16.9 Å². The average Bonchev–Trinajstić information content (AvgIpc) is 2.92. The maximum atomic E-state index is 14.8. The lowest BCUT2D eigenvalue weighted by atomic mass is 10.9. The first-order valence-electron chi connectivity index (χ1n) is 15.0. The van der Waals surface area contributed by atoms with E-state index in [9.17, 15) is 9.13 Å². The van der Waals surface area contributed by atoms with Gasteiger partial charge >= 0.3 is 15.6 Å². The van der Waals surface area contributed by atoms with Crippen molar-refractivity contribution in [2.24, 2.45) is 0 Å². The molecule has 0 radical (unpaired) electrons. The summed E-state index contributed by atoms with van der Waals surface area (Å²) in [5.74, 6) is 0. The van der Waals surface area contributed by atoms with Crippen molar-refractivity contribution >= 4 is 48.9 Å². The van der Waals surface area contributed by atoms with Gasteiger partial charge in [0, 0.05) is 0 Å². The lowest BCUT2D eigenvalue weighted by Crippen LogP contribution is -2.41. The first-order chi connectivity index (χ1) is 17.3. The normalized spacial score (nSPS) is 14.4. The van der Waals surface area contributed by atoms with Crippen LogP contribution in [0.5, 0.6) is 0 Å². The molecule has 0 heterocycles. The molecule has 0 aliphatic rings. The minimum absolute atomic E-state index is 0.775. The number of rotatable bonds is 22. The fraction of sp³-hybridized carbons (Fsp3) is 1.00. The van der Waals surface area contributed by atoms with Crippen molar-refractivity contribution in [3.63, 3.8) is 0 Å². The van der Waals surface area contributed by atoms with E-state index in [1.165, 1.54) is 0 Å². The molecule has 0 rings (SSSR count). The molecule has 224 valence electrons. The smallest absolute Gasteiger partial charge is 0.329 e. The van der Waals surface area contributed by atoms with Gasteiger partial charge in [0.15, 0.2) is 0 Å². The summed E-state index contributed by atoms with van der Waals surface area (Å²) in [6.07, 6.45) is 0. The van der Waals surface area contributed by atoms with Crippen LogP contribution in [0.15, 0.2) is 0 Å². The quantitative estimate of drug-likeness (QED) is 0.0865. The number of phosphoric acid groups is 2. The lowest BCUT2D eigenvalue weighted by Gasteiger charge is -2.41. The van der Waals surface area contributed by atoms with Gasteiger partial charge in [-0.05, 0) is 72.5 Å². The Morgan fingerprint density at radius 1 is 0.351 bits per heavy atom. The van der Waals surface area contributed by atoms with Crippen LogP contribution >= 0.6 is 15.6 Å². The molecule has 13 heteroatoms. The molecule has 0 saturated heterocycles. The summed E-state index contributed by atoms with van der Waals surface area (Å²) < 4.78 is 62.0. The standard InChI is InChI=1S/C24H60O7P2Si4/c1-13-34(14-2,15-3)28-32(25,29-35(16-4,17-5)18-6)27-33(26,30-36(19-7,20-8)21-9)31-37(22-10,23-11)24-12/h13-24H2,1-12H3. The molecule has 7 nitrogen and oxygen atoms in total. The van der Waals surface area contributed by atoms with Gasteiger partial charge in [-0.25, -0.2) is 9.13 Å². The largest absolute Gasteiger partial charge is 0.464 e. The monoisotopic (exact) mass is 634 g/mol. The molecule has 0 fully saturated rings. The van der Waals surface area contributed by atoms with E-state index >= 15 is 0 Å². The first-order valence-corrected chi connectivity index (χ1v) is 28.0. The highest BCUT2D eigenvalue weighted by Crippen LogP contribution is 2.71. The Morgan fingerprint density at radius 2 is 0.486 bits per heavy atom. The zero-order valence-corrected chi connectivity index (χ0v) is 32.0. The molecule has 37 heavy (non-hydrogen) atoms. The van der Waals surface area contributed by atoms with Gasteiger partial charge in [0.25, 0.3) is 0 Å². The third kappa shape index (κ3) is 10.2. The molecule has 0 saturated carbocycles. The predicted octanol–water partition coefficient (Wildman–Crippen LogP) is 11.3. The fourth-order valence-electron chi connectivity index (χ4n) is 4.95. The zero-order valence-electron chi connectivity index (χ0n) is 26.2. The molecule has 0 aromatic rings. The van der Waals surface area contributed by atoms with Crippen molar-refractivity contribution in [3.05, 3.63) is 0 Å². The van der Waals surface area contributed by atoms with Crippen molar-refractivity contribution in [3.8, 4) is 0 Å². The Hall–Kier alpha value is 1.13. The van der Waals surface area contributed by atoms with Crippen LogP contribution in [0.25, 0.3) is 0 Å². The molecule has 0 unspecified atom stereocenters. The van der Waals surface area contributed by atoms with E-state index in [0.717, 1.165) is 72.5 Å². The molecule has 0 aliphatic carbocycles. The van der Waals surface area contributed by atoms with Gasteiger partial charge in [-0.2, -0.15) is 4.31 Å². The molecule has 0 aromatic heterocycles. The fourth-order valence-corrected chi connectivity index (χ4v) is 28.4. The number of hydrogen-bond donors (Lipinski definition) is 0. The van der Waals surface area contributed by atoms with Crippen molar-refractivity contribution in [2.75, 3.05) is 0 Å². The van der Waals surface area contributed by atoms with E-state index in [2.05, 4.69) is 83.1 Å². The third-order valence-electron chi connectivity index (χ3n) is 9.15. The number of hydrogen-bond acceptors (Lipinski definition) is 7. The minimum atomic E-state index is -4.26. The van der Waals surface area contributed by atoms with Gasteiger partial charge in [-0.1, -0.05) is 83.1 Å². The Bertz CT molecular complexity index is 596.